The minimum Gasteiger partial charge on any atom is -0.452 e. The Morgan fingerprint density at radius 3 is 2.58 bits per heavy atom. The summed E-state index contributed by atoms with van der Waals surface area (Å²) < 4.78 is 5.18. The number of hydrogen-bond acceptors (Lipinski definition) is 4. The number of ether oxygens (including phenoxy) is 1. The van der Waals surface area contributed by atoms with Gasteiger partial charge in [-0.1, -0.05) is 29.8 Å². The molecule has 126 valence electrons. The van der Waals surface area contributed by atoms with Crippen LogP contribution >= 0.6 is 11.6 Å². The molecule has 0 saturated carbocycles. The van der Waals surface area contributed by atoms with Crippen molar-refractivity contribution in [3.05, 3.63) is 58.2 Å². The van der Waals surface area contributed by atoms with Crippen molar-refractivity contribution in [1.29, 1.82) is 0 Å². The Hall–Kier alpha value is -2.40. The van der Waals surface area contributed by atoms with Crippen LogP contribution in [-0.2, 0) is 20.7 Å². The van der Waals surface area contributed by atoms with Gasteiger partial charge in [0.15, 0.2) is 6.10 Å². The molecule has 0 aliphatic carbocycles. The molecule has 5 nitrogen and oxygen atoms in total. The molecule has 24 heavy (non-hydrogen) atoms. The van der Waals surface area contributed by atoms with Gasteiger partial charge in [0.1, 0.15) is 5.82 Å². The number of nitrogens with zero attached hydrogens (tertiary/aromatic N) is 1. The molecule has 1 heterocycles. The van der Waals surface area contributed by atoms with Crippen molar-refractivity contribution in [3.8, 4) is 0 Å². The Labute approximate surface area is 146 Å². The van der Waals surface area contributed by atoms with Crippen LogP contribution in [0.1, 0.15) is 23.6 Å². The van der Waals surface area contributed by atoms with E-state index in [9.17, 15) is 9.59 Å². The largest absolute Gasteiger partial charge is 0.452 e. The molecule has 2 rings (SSSR count). The van der Waals surface area contributed by atoms with Gasteiger partial charge in [0.2, 0.25) is 0 Å². The van der Waals surface area contributed by atoms with E-state index in [1.54, 1.807) is 12.1 Å². The number of benzene rings is 1. The average Bonchev–Trinajstić information content (AvgIpc) is 2.53. The Balaban J connectivity index is 1.89. The lowest BCUT2D eigenvalue weighted by Gasteiger charge is -2.13. The van der Waals surface area contributed by atoms with Gasteiger partial charge in [0.25, 0.3) is 5.91 Å². The summed E-state index contributed by atoms with van der Waals surface area (Å²) in [6.45, 7) is 5.51. The minimum absolute atomic E-state index is 0.123. The van der Waals surface area contributed by atoms with Crippen molar-refractivity contribution in [1.82, 2.24) is 4.98 Å². The van der Waals surface area contributed by atoms with Crippen molar-refractivity contribution < 1.29 is 14.3 Å². The molecule has 0 radical (unpaired) electrons. The van der Waals surface area contributed by atoms with E-state index in [0.717, 1.165) is 16.7 Å². The Bertz CT molecular complexity index is 744. The van der Waals surface area contributed by atoms with E-state index in [0.29, 0.717) is 10.8 Å². The van der Waals surface area contributed by atoms with Crippen molar-refractivity contribution in [3.63, 3.8) is 0 Å². The minimum atomic E-state index is -0.915. The fourth-order valence-electron chi connectivity index (χ4n) is 2.05. The summed E-state index contributed by atoms with van der Waals surface area (Å²) >= 11 is 5.73. The van der Waals surface area contributed by atoms with E-state index in [1.807, 2.05) is 32.0 Å². The molecule has 1 aromatic heterocycles. The normalized spacial score (nSPS) is 11.7. The van der Waals surface area contributed by atoms with Gasteiger partial charge in [-0.2, -0.15) is 0 Å². The van der Waals surface area contributed by atoms with Gasteiger partial charge in [-0.25, -0.2) is 4.98 Å². The van der Waals surface area contributed by atoms with Crippen LogP contribution in [0.15, 0.2) is 36.5 Å². The van der Waals surface area contributed by atoms with Crippen LogP contribution in [0.25, 0.3) is 0 Å². The van der Waals surface area contributed by atoms with E-state index < -0.39 is 18.0 Å². The molecule has 0 bridgehead atoms. The number of halogens is 1. The zero-order valence-electron chi connectivity index (χ0n) is 13.8. The molecule has 1 atom stereocenters. The molecule has 6 heteroatoms. The van der Waals surface area contributed by atoms with Crippen molar-refractivity contribution >= 4 is 29.3 Å². The van der Waals surface area contributed by atoms with E-state index in [1.165, 1.54) is 13.1 Å². The maximum Gasteiger partial charge on any atom is 0.311 e. The Morgan fingerprint density at radius 1 is 1.21 bits per heavy atom. The van der Waals surface area contributed by atoms with Crippen LogP contribution in [0.2, 0.25) is 5.02 Å². The number of hydrogen-bond donors (Lipinski definition) is 1. The van der Waals surface area contributed by atoms with Gasteiger partial charge in [-0.05, 0) is 49.6 Å². The lowest BCUT2D eigenvalue weighted by molar-refractivity contribution is -0.152. The van der Waals surface area contributed by atoms with Gasteiger partial charge < -0.3 is 10.1 Å². The lowest BCUT2D eigenvalue weighted by atomic mass is 10.0. The number of nitrogens with one attached hydrogen (secondary N) is 1. The fraction of sp³-hybridized carbons (Fsp3) is 0.278. The van der Waals surface area contributed by atoms with Crippen molar-refractivity contribution in [2.75, 3.05) is 5.32 Å². The van der Waals surface area contributed by atoms with Crippen molar-refractivity contribution in [2.45, 2.75) is 33.3 Å². The number of anilines is 1. The molecule has 2 aromatic rings. The third-order valence-electron chi connectivity index (χ3n) is 3.58. The Kier molecular flexibility index (Phi) is 5.93. The van der Waals surface area contributed by atoms with E-state index >= 15 is 0 Å². The van der Waals surface area contributed by atoms with Crippen LogP contribution in [0.4, 0.5) is 5.82 Å². The number of pyridine rings is 1. The van der Waals surface area contributed by atoms with Gasteiger partial charge in [0.05, 0.1) is 11.4 Å². The molecular weight excluding hydrogens is 328 g/mol. The number of rotatable bonds is 5. The van der Waals surface area contributed by atoms with Gasteiger partial charge >= 0.3 is 5.97 Å². The smallest absolute Gasteiger partial charge is 0.311 e. The lowest BCUT2D eigenvalue weighted by Crippen LogP contribution is -2.30. The number of esters is 1. The third-order valence-corrected chi connectivity index (χ3v) is 3.80. The second-order valence-electron chi connectivity index (χ2n) is 5.58. The number of aryl methyl sites for hydroxylation is 2. The van der Waals surface area contributed by atoms with Crippen LogP contribution in [0, 0.1) is 13.8 Å². The van der Waals surface area contributed by atoms with Gasteiger partial charge in [-0.15, -0.1) is 0 Å². The maximum atomic E-state index is 12.0. The highest BCUT2D eigenvalue weighted by Gasteiger charge is 2.18. The first kappa shape index (κ1) is 17.9. The molecular formula is C18H19ClN2O3. The Morgan fingerprint density at radius 2 is 1.96 bits per heavy atom. The monoisotopic (exact) mass is 346 g/mol. The highest BCUT2D eigenvalue weighted by molar-refractivity contribution is 6.30. The summed E-state index contributed by atoms with van der Waals surface area (Å²) in [5.74, 6) is -0.551. The van der Waals surface area contributed by atoms with Crippen LogP contribution in [0.5, 0.6) is 0 Å². The molecule has 0 unspecified atom stereocenters. The van der Waals surface area contributed by atoms with Crippen LogP contribution < -0.4 is 5.32 Å². The van der Waals surface area contributed by atoms with Crippen LogP contribution in [-0.4, -0.2) is 23.0 Å². The van der Waals surface area contributed by atoms with E-state index in [4.69, 9.17) is 16.3 Å². The standard InChI is InChI=1S/C18H19ClN2O3/c1-11-4-5-14(8-12(11)2)9-17(22)24-13(3)18(23)21-16-7-6-15(19)10-20-16/h4-8,10,13H,9H2,1-3H3,(H,20,21,23)/t13-/m0/s1. The topological polar surface area (TPSA) is 68.3 Å². The van der Waals surface area contributed by atoms with E-state index in [-0.39, 0.29) is 6.42 Å². The number of carbonyl (C=O) groups excluding carboxylic acids is 2. The molecule has 1 aromatic carbocycles. The van der Waals surface area contributed by atoms with Gasteiger partial charge in [0, 0.05) is 6.20 Å². The predicted octanol–water partition coefficient (Wildman–Crippen LogP) is 3.46. The predicted molar refractivity (Wildman–Crippen MR) is 93.1 cm³/mol. The first-order valence-corrected chi connectivity index (χ1v) is 7.91. The SMILES string of the molecule is Cc1ccc(CC(=O)O[C@@H](C)C(=O)Nc2ccc(Cl)cn2)cc1C. The zero-order valence-corrected chi connectivity index (χ0v) is 14.6. The maximum absolute atomic E-state index is 12.0. The average molecular weight is 347 g/mol. The summed E-state index contributed by atoms with van der Waals surface area (Å²) in [4.78, 5) is 28.0. The first-order chi connectivity index (χ1) is 11.3. The quantitative estimate of drug-likeness (QED) is 0.842. The zero-order chi connectivity index (χ0) is 17.7. The van der Waals surface area contributed by atoms with Crippen LogP contribution in [0.3, 0.4) is 0 Å². The highest BCUT2D eigenvalue weighted by atomic mass is 35.5. The molecule has 0 spiro atoms. The fourth-order valence-corrected chi connectivity index (χ4v) is 2.16. The highest BCUT2D eigenvalue weighted by Crippen LogP contribution is 2.12. The number of amides is 1. The third kappa shape index (κ3) is 5.06. The molecule has 0 aliphatic rings. The summed E-state index contributed by atoms with van der Waals surface area (Å²) in [5.41, 5.74) is 3.13. The molecule has 1 N–H and O–H groups in total. The van der Waals surface area contributed by atoms with E-state index in [2.05, 4.69) is 10.3 Å². The molecule has 1 amide bonds. The number of aromatic nitrogens is 1. The summed E-state index contributed by atoms with van der Waals surface area (Å²) in [6.07, 6.45) is 0.632. The summed E-state index contributed by atoms with van der Waals surface area (Å²) in [7, 11) is 0. The second-order valence-corrected chi connectivity index (χ2v) is 6.01. The summed E-state index contributed by atoms with van der Waals surface area (Å²) in [6, 6.07) is 8.97. The molecule has 0 saturated heterocycles. The molecule has 0 aliphatic heterocycles. The first-order valence-electron chi connectivity index (χ1n) is 7.53. The molecule has 0 fully saturated rings. The van der Waals surface area contributed by atoms with Crippen molar-refractivity contribution in [2.24, 2.45) is 0 Å². The number of carbonyl (C=O) groups is 2. The second kappa shape index (κ2) is 7.93. The summed E-state index contributed by atoms with van der Waals surface area (Å²) in [5, 5.41) is 3.04. The van der Waals surface area contributed by atoms with Gasteiger partial charge in [-0.3, -0.25) is 9.59 Å².